The van der Waals surface area contributed by atoms with Gasteiger partial charge in [-0.3, -0.25) is 5.10 Å². The first-order valence-electron chi connectivity index (χ1n) is 6.17. The number of aromatic nitrogens is 2. The predicted octanol–water partition coefficient (Wildman–Crippen LogP) is 3.58. The van der Waals surface area contributed by atoms with Crippen molar-refractivity contribution in [1.29, 1.82) is 0 Å². The highest BCUT2D eigenvalue weighted by Crippen LogP contribution is 2.26. The van der Waals surface area contributed by atoms with E-state index in [1.165, 1.54) is 10.4 Å². The van der Waals surface area contributed by atoms with Crippen molar-refractivity contribution in [2.24, 2.45) is 0 Å². The highest BCUT2D eigenvalue weighted by atomic mass is 32.1. The van der Waals surface area contributed by atoms with Crippen molar-refractivity contribution in [3.8, 4) is 10.6 Å². The van der Waals surface area contributed by atoms with Crippen LogP contribution in [0.25, 0.3) is 10.6 Å². The van der Waals surface area contributed by atoms with Gasteiger partial charge in [0.2, 0.25) is 0 Å². The van der Waals surface area contributed by atoms with Crippen LogP contribution in [0.3, 0.4) is 0 Å². The van der Waals surface area contributed by atoms with Gasteiger partial charge in [-0.15, -0.1) is 11.3 Å². The smallest absolute Gasteiger partial charge is 0.120 e. The Morgan fingerprint density at radius 2 is 2.37 bits per heavy atom. The molecule has 3 aromatic heterocycles. The van der Waals surface area contributed by atoms with Crippen molar-refractivity contribution in [2.75, 3.05) is 0 Å². The second-order valence-corrected chi connectivity index (χ2v) is 5.31. The van der Waals surface area contributed by atoms with Crippen LogP contribution in [0.4, 0.5) is 0 Å². The highest BCUT2D eigenvalue weighted by molar-refractivity contribution is 7.13. The third kappa shape index (κ3) is 2.62. The molecule has 0 aliphatic rings. The first-order chi connectivity index (χ1) is 9.34. The molecule has 0 amide bonds. The van der Waals surface area contributed by atoms with E-state index in [0.29, 0.717) is 0 Å². The van der Waals surface area contributed by atoms with Crippen molar-refractivity contribution in [2.45, 2.75) is 19.5 Å². The molecule has 1 atom stereocenters. The molecule has 0 radical (unpaired) electrons. The number of aromatic amines is 1. The van der Waals surface area contributed by atoms with E-state index in [-0.39, 0.29) is 6.04 Å². The van der Waals surface area contributed by atoms with Gasteiger partial charge in [-0.2, -0.15) is 5.10 Å². The minimum absolute atomic E-state index is 0.182. The molecule has 3 aromatic rings. The largest absolute Gasteiger partial charge is 0.468 e. The summed E-state index contributed by atoms with van der Waals surface area (Å²) in [5.74, 6) is 0.946. The van der Waals surface area contributed by atoms with Gasteiger partial charge in [-0.05, 0) is 30.5 Å². The molecule has 3 heterocycles. The van der Waals surface area contributed by atoms with Crippen LogP contribution in [0, 0.1) is 0 Å². The van der Waals surface area contributed by atoms with Crippen molar-refractivity contribution >= 4 is 11.3 Å². The molecule has 0 saturated heterocycles. The number of hydrogen-bond acceptors (Lipinski definition) is 4. The second-order valence-electron chi connectivity index (χ2n) is 4.37. The normalized spacial score (nSPS) is 12.7. The number of H-pyrrole nitrogens is 1. The maximum absolute atomic E-state index is 5.38. The molecule has 98 valence electrons. The quantitative estimate of drug-likeness (QED) is 0.747. The SMILES string of the molecule is C[C@H](NCc1cn[nH]c1-c1cccs1)c1ccco1. The molecule has 5 heteroatoms. The van der Waals surface area contributed by atoms with Crippen LogP contribution in [-0.2, 0) is 6.54 Å². The van der Waals surface area contributed by atoms with Gasteiger partial charge in [0.05, 0.1) is 29.1 Å². The monoisotopic (exact) mass is 273 g/mol. The number of nitrogens with zero attached hydrogens (tertiary/aromatic N) is 1. The van der Waals surface area contributed by atoms with Crippen LogP contribution in [0.2, 0.25) is 0 Å². The number of thiophene rings is 1. The summed E-state index contributed by atoms with van der Waals surface area (Å²) >= 11 is 1.71. The third-order valence-electron chi connectivity index (χ3n) is 3.05. The van der Waals surface area contributed by atoms with Crippen LogP contribution in [0.15, 0.2) is 46.5 Å². The Labute approximate surface area is 115 Å². The van der Waals surface area contributed by atoms with Crippen LogP contribution in [0.5, 0.6) is 0 Å². The first kappa shape index (κ1) is 12.2. The molecule has 2 N–H and O–H groups in total. The van der Waals surface area contributed by atoms with E-state index in [9.17, 15) is 0 Å². The lowest BCUT2D eigenvalue weighted by Gasteiger charge is -2.10. The van der Waals surface area contributed by atoms with E-state index in [2.05, 4.69) is 33.9 Å². The van der Waals surface area contributed by atoms with E-state index < -0.39 is 0 Å². The number of hydrogen-bond donors (Lipinski definition) is 2. The maximum Gasteiger partial charge on any atom is 0.120 e. The molecule has 0 fully saturated rings. The zero-order valence-corrected chi connectivity index (χ0v) is 11.4. The van der Waals surface area contributed by atoms with Gasteiger partial charge < -0.3 is 9.73 Å². The zero-order valence-electron chi connectivity index (χ0n) is 10.6. The molecule has 0 unspecified atom stereocenters. The topological polar surface area (TPSA) is 53.9 Å². The minimum Gasteiger partial charge on any atom is -0.468 e. The molecule has 0 aliphatic heterocycles. The summed E-state index contributed by atoms with van der Waals surface area (Å²) in [7, 11) is 0. The fraction of sp³-hybridized carbons (Fsp3) is 0.214. The van der Waals surface area contributed by atoms with Gasteiger partial charge in [0.1, 0.15) is 5.76 Å². The van der Waals surface area contributed by atoms with Gasteiger partial charge in [0.15, 0.2) is 0 Å². The van der Waals surface area contributed by atoms with Gasteiger partial charge in [-0.25, -0.2) is 0 Å². The summed E-state index contributed by atoms with van der Waals surface area (Å²) in [6.07, 6.45) is 3.57. The average molecular weight is 273 g/mol. The fourth-order valence-corrected chi connectivity index (χ4v) is 2.74. The van der Waals surface area contributed by atoms with Crippen molar-refractivity contribution < 1.29 is 4.42 Å². The highest BCUT2D eigenvalue weighted by Gasteiger charge is 2.11. The van der Waals surface area contributed by atoms with Crippen LogP contribution >= 0.6 is 11.3 Å². The summed E-state index contributed by atoms with van der Waals surface area (Å²) in [6, 6.07) is 8.21. The van der Waals surface area contributed by atoms with Gasteiger partial charge >= 0.3 is 0 Å². The Balaban J connectivity index is 1.70. The standard InChI is InChI=1S/C14H15N3OS/c1-10(12-4-2-6-18-12)15-8-11-9-16-17-14(11)13-5-3-7-19-13/h2-7,9-10,15H,8H2,1H3,(H,16,17)/t10-/m0/s1. The molecule has 0 aromatic carbocycles. The van der Waals surface area contributed by atoms with Gasteiger partial charge in [0, 0.05) is 12.1 Å². The van der Waals surface area contributed by atoms with E-state index in [4.69, 9.17) is 4.42 Å². The fourth-order valence-electron chi connectivity index (χ4n) is 1.98. The van der Waals surface area contributed by atoms with Crippen molar-refractivity contribution in [3.63, 3.8) is 0 Å². The molecule has 4 nitrogen and oxygen atoms in total. The summed E-state index contributed by atoms with van der Waals surface area (Å²) in [5.41, 5.74) is 2.26. The Morgan fingerprint density at radius 3 is 3.11 bits per heavy atom. The Kier molecular flexibility index (Phi) is 3.48. The lowest BCUT2D eigenvalue weighted by atomic mass is 10.2. The Hall–Kier alpha value is -1.85. The first-order valence-corrected chi connectivity index (χ1v) is 7.05. The molecular weight excluding hydrogens is 258 g/mol. The summed E-state index contributed by atoms with van der Waals surface area (Å²) in [4.78, 5) is 1.21. The number of nitrogens with one attached hydrogen (secondary N) is 2. The lowest BCUT2D eigenvalue weighted by molar-refractivity contribution is 0.430. The van der Waals surface area contributed by atoms with Crippen LogP contribution < -0.4 is 5.32 Å². The van der Waals surface area contributed by atoms with Crippen molar-refractivity contribution in [3.05, 3.63) is 53.4 Å². The van der Waals surface area contributed by atoms with E-state index in [0.717, 1.165) is 18.0 Å². The predicted molar refractivity (Wildman–Crippen MR) is 75.9 cm³/mol. The second kappa shape index (κ2) is 5.42. The zero-order chi connectivity index (χ0) is 13.1. The van der Waals surface area contributed by atoms with E-state index in [1.54, 1.807) is 17.6 Å². The lowest BCUT2D eigenvalue weighted by Crippen LogP contribution is -2.17. The van der Waals surface area contributed by atoms with Gasteiger partial charge in [0.25, 0.3) is 0 Å². The van der Waals surface area contributed by atoms with Gasteiger partial charge in [-0.1, -0.05) is 6.07 Å². The van der Waals surface area contributed by atoms with Crippen molar-refractivity contribution in [1.82, 2.24) is 15.5 Å². The summed E-state index contributed by atoms with van der Waals surface area (Å²) < 4.78 is 5.38. The summed E-state index contributed by atoms with van der Waals surface area (Å²) in [6.45, 7) is 2.84. The molecule has 0 aliphatic carbocycles. The maximum atomic E-state index is 5.38. The third-order valence-corrected chi connectivity index (χ3v) is 3.94. The molecule has 3 rings (SSSR count). The van der Waals surface area contributed by atoms with Crippen LogP contribution in [-0.4, -0.2) is 10.2 Å². The molecule has 0 spiro atoms. The molecule has 19 heavy (non-hydrogen) atoms. The molecule has 0 saturated carbocycles. The summed E-state index contributed by atoms with van der Waals surface area (Å²) in [5, 5.41) is 12.7. The Morgan fingerprint density at radius 1 is 1.42 bits per heavy atom. The van der Waals surface area contributed by atoms with Crippen LogP contribution in [0.1, 0.15) is 24.3 Å². The molecule has 0 bridgehead atoms. The average Bonchev–Trinajstić information content (AvgIpc) is 3.14. The minimum atomic E-state index is 0.182. The number of furan rings is 1. The van der Waals surface area contributed by atoms with E-state index >= 15 is 0 Å². The Bertz CT molecular complexity index is 613. The number of rotatable bonds is 5. The molecular formula is C14H15N3OS. The van der Waals surface area contributed by atoms with E-state index in [1.807, 2.05) is 24.4 Å².